The molecule has 0 heterocycles. The van der Waals surface area contributed by atoms with Crippen molar-refractivity contribution in [1.82, 2.24) is 4.72 Å². The van der Waals surface area contributed by atoms with Gasteiger partial charge in [0.05, 0.1) is 11.5 Å². The summed E-state index contributed by atoms with van der Waals surface area (Å²) in [5.41, 5.74) is 5.56. The lowest BCUT2D eigenvalue weighted by atomic mass is 10.1. The molecule has 18 heavy (non-hydrogen) atoms. The summed E-state index contributed by atoms with van der Waals surface area (Å²) in [7, 11) is -6.78. The van der Waals surface area contributed by atoms with Crippen LogP contribution in [-0.4, -0.2) is 47.2 Å². The van der Waals surface area contributed by atoms with Crippen molar-refractivity contribution < 1.29 is 16.8 Å². The van der Waals surface area contributed by atoms with Crippen LogP contribution in [0.1, 0.15) is 19.3 Å². The molecule has 1 saturated carbocycles. The summed E-state index contributed by atoms with van der Waals surface area (Å²) < 4.78 is 47.8. The van der Waals surface area contributed by atoms with Crippen LogP contribution in [0.5, 0.6) is 0 Å². The summed E-state index contributed by atoms with van der Waals surface area (Å²) in [6.45, 7) is 0.458. The highest BCUT2D eigenvalue weighted by Crippen LogP contribution is 2.25. The number of rotatable bonds is 6. The molecule has 2 atom stereocenters. The van der Waals surface area contributed by atoms with E-state index < -0.39 is 19.9 Å². The Hall–Kier alpha value is 0.110. The number of nitrogens with two attached hydrogens (primary N) is 1. The first kappa shape index (κ1) is 18.1. The van der Waals surface area contributed by atoms with Crippen LogP contribution in [-0.2, 0) is 19.9 Å². The van der Waals surface area contributed by atoms with Gasteiger partial charge in [-0.05, 0) is 25.3 Å². The molecule has 3 N–H and O–H groups in total. The highest BCUT2D eigenvalue weighted by Gasteiger charge is 2.29. The van der Waals surface area contributed by atoms with E-state index in [0.717, 1.165) is 25.5 Å². The molecule has 1 fully saturated rings. The minimum atomic E-state index is -3.53. The fourth-order valence-corrected chi connectivity index (χ4v) is 5.00. The second kappa shape index (κ2) is 7.04. The number of sulfonamides is 1. The molecule has 0 aromatic rings. The normalized spacial score (nSPS) is 24.8. The molecular weight excluding hydrogens is 300 g/mol. The van der Waals surface area contributed by atoms with Crippen LogP contribution in [0.25, 0.3) is 0 Å². The zero-order chi connectivity index (χ0) is 13.1. The molecule has 0 saturated heterocycles. The smallest absolute Gasteiger partial charge is 0.212 e. The van der Waals surface area contributed by atoms with Gasteiger partial charge in [-0.1, -0.05) is 6.42 Å². The molecule has 0 aromatic carbocycles. The van der Waals surface area contributed by atoms with Crippen molar-refractivity contribution >= 4 is 32.3 Å². The Morgan fingerprint density at radius 2 is 1.78 bits per heavy atom. The van der Waals surface area contributed by atoms with E-state index in [4.69, 9.17) is 5.73 Å². The Bertz CT molecular complexity index is 449. The van der Waals surface area contributed by atoms with Crippen LogP contribution in [0.2, 0.25) is 0 Å². The van der Waals surface area contributed by atoms with Crippen LogP contribution in [0.15, 0.2) is 0 Å². The van der Waals surface area contributed by atoms with Gasteiger partial charge in [0.1, 0.15) is 9.84 Å². The maximum absolute atomic E-state index is 11.7. The zero-order valence-corrected chi connectivity index (χ0v) is 12.8. The third-order valence-corrected chi connectivity index (χ3v) is 5.62. The summed E-state index contributed by atoms with van der Waals surface area (Å²) >= 11 is 0. The van der Waals surface area contributed by atoms with Crippen LogP contribution >= 0.6 is 12.4 Å². The van der Waals surface area contributed by atoms with E-state index in [-0.39, 0.29) is 35.9 Å². The average Bonchev–Trinajstić information content (AvgIpc) is 2.61. The highest BCUT2D eigenvalue weighted by atomic mass is 35.5. The second-order valence-corrected chi connectivity index (χ2v) is 8.73. The molecule has 0 aromatic heterocycles. The van der Waals surface area contributed by atoms with Gasteiger partial charge in [0, 0.05) is 12.3 Å². The van der Waals surface area contributed by atoms with Crippen molar-refractivity contribution in [2.75, 3.05) is 24.3 Å². The Balaban J connectivity index is 0.00000289. The fourth-order valence-electron chi connectivity index (χ4n) is 2.02. The molecule has 0 amide bonds. The van der Waals surface area contributed by atoms with E-state index in [2.05, 4.69) is 4.72 Å². The molecule has 0 bridgehead atoms. The molecule has 1 aliphatic rings. The van der Waals surface area contributed by atoms with Crippen molar-refractivity contribution in [3.05, 3.63) is 0 Å². The van der Waals surface area contributed by atoms with Gasteiger partial charge in [0.15, 0.2) is 0 Å². The van der Waals surface area contributed by atoms with E-state index in [0.29, 0.717) is 6.54 Å². The lowest BCUT2D eigenvalue weighted by molar-refractivity contribution is 0.453. The molecule has 0 spiro atoms. The quantitative estimate of drug-likeness (QED) is 0.686. The lowest BCUT2D eigenvalue weighted by Crippen LogP contribution is -2.41. The summed E-state index contributed by atoms with van der Waals surface area (Å²) in [5.74, 6) is -0.551. The number of hydrogen-bond donors (Lipinski definition) is 2. The molecule has 1 aliphatic carbocycles. The predicted molar refractivity (Wildman–Crippen MR) is 74.1 cm³/mol. The third kappa shape index (κ3) is 6.33. The van der Waals surface area contributed by atoms with E-state index in [1.165, 1.54) is 0 Å². The van der Waals surface area contributed by atoms with E-state index in [9.17, 15) is 16.8 Å². The Morgan fingerprint density at radius 3 is 2.28 bits per heavy atom. The van der Waals surface area contributed by atoms with Crippen LogP contribution < -0.4 is 10.5 Å². The van der Waals surface area contributed by atoms with Gasteiger partial charge in [-0.15, -0.1) is 12.4 Å². The molecule has 1 rings (SSSR count). The van der Waals surface area contributed by atoms with Crippen LogP contribution in [0, 0.1) is 5.92 Å². The molecule has 2 unspecified atom stereocenters. The minimum absolute atomic E-state index is 0. The molecule has 6 nitrogen and oxygen atoms in total. The number of nitrogens with one attached hydrogen (secondary N) is 1. The maximum atomic E-state index is 11.7. The van der Waals surface area contributed by atoms with Gasteiger partial charge in [-0.2, -0.15) is 0 Å². The Labute approximate surface area is 115 Å². The standard InChI is InChI=1S/C9H20N2O4S2.ClH/c1-16(12,13)5-6-17(14,15)11-9-4-2-3-8(9)7-10;/h8-9,11H,2-7,10H2,1H3;1H. The topological polar surface area (TPSA) is 106 Å². The highest BCUT2D eigenvalue weighted by molar-refractivity contribution is 7.93. The number of hydrogen-bond acceptors (Lipinski definition) is 5. The summed E-state index contributed by atoms with van der Waals surface area (Å²) in [6, 6.07) is -0.135. The van der Waals surface area contributed by atoms with E-state index in [1.54, 1.807) is 0 Å². The number of halogens is 1. The van der Waals surface area contributed by atoms with Gasteiger partial charge < -0.3 is 5.73 Å². The van der Waals surface area contributed by atoms with Gasteiger partial charge in [-0.25, -0.2) is 21.6 Å². The van der Waals surface area contributed by atoms with Crippen molar-refractivity contribution in [3.63, 3.8) is 0 Å². The first-order chi connectivity index (χ1) is 7.73. The predicted octanol–water partition coefficient (Wildman–Crippen LogP) is -0.500. The van der Waals surface area contributed by atoms with Crippen molar-refractivity contribution in [2.45, 2.75) is 25.3 Å². The molecular formula is C9H21ClN2O4S2. The first-order valence-electron chi connectivity index (χ1n) is 5.61. The van der Waals surface area contributed by atoms with Crippen molar-refractivity contribution in [3.8, 4) is 0 Å². The summed E-state index contributed by atoms with van der Waals surface area (Å²) in [4.78, 5) is 0. The van der Waals surface area contributed by atoms with Gasteiger partial charge >= 0.3 is 0 Å². The van der Waals surface area contributed by atoms with E-state index in [1.807, 2.05) is 0 Å². The zero-order valence-electron chi connectivity index (χ0n) is 10.3. The van der Waals surface area contributed by atoms with E-state index >= 15 is 0 Å². The minimum Gasteiger partial charge on any atom is -0.330 e. The molecule has 9 heteroatoms. The average molecular weight is 321 g/mol. The monoisotopic (exact) mass is 320 g/mol. The van der Waals surface area contributed by atoms with Crippen LogP contribution in [0.4, 0.5) is 0 Å². The summed E-state index contributed by atoms with van der Waals surface area (Å²) in [5, 5.41) is 0. The first-order valence-corrected chi connectivity index (χ1v) is 9.32. The lowest BCUT2D eigenvalue weighted by Gasteiger charge is -2.19. The van der Waals surface area contributed by atoms with Crippen molar-refractivity contribution in [2.24, 2.45) is 11.7 Å². The largest absolute Gasteiger partial charge is 0.330 e. The third-order valence-electron chi connectivity index (χ3n) is 3.02. The summed E-state index contributed by atoms with van der Waals surface area (Å²) in [6.07, 6.45) is 3.69. The molecule has 110 valence electrons. The van der Waals surface area contributed by atoms with Gasteiger partial charge in [-0.3, -0.25) is 0 Å². The maximum Gasteiger partial charge on any atom is 0.212 e. The van der Waals surface area contributed by atoms with Gasteiger partial charge in [0.2, 0.25) is 10.0 Å². The van der Waals surface area contributed by atoms with Gasteiger partial charge in [0.25, 0.3) is 0 Å². The Morgan fingerprint density at radius 1 is 1.17 bits per heavy atom. The molecule has 0 radical (unpaired) electrons. The van der Waals surface area contributed by atoms with Crippen molar-refractivity contribution in [1.29, 1.82) is 0 Å². The fraction of sp³-hybridized carbons (Fsp3) is 1.00. The molecule has 0 aliphatic heterocycles. The number of sulfone groups is 1. The Kier molecular flexibility index (Phi) is 7.09. The second-order valence-electron chi connectivity index (χ2n) is 4.60. The SMILES string of the molecule is CS(=O)(=O)CCS(=O)(=O)NC1CCCC1CN.Cl. The van der Waals surface area contributed by atoms with Crippen LogP contribution in [0.3, 0.4) is 0 Å².